The van der Waals surface area contributed by atoms with Gasteiger partial charge in [0.15, 0.2) is 0 Å². The predicted octanol–water partition coefficient (Wildman–Crippen LogP) is 14.6. The summed E-state index contributed by atoms with van der Waals surface area (Å²) in [7, 11) is -2.17. The van der Waals surface area contributed by atoms with Crippen LogP contribution in [0.4, 0.5) is 34.1 Å². The van der Waals surface area contributed by atoms with E-state index in [-0.39, 0.29) is 10.8 Å². The summed E-state index contributed by atoms with van der Waals surface area (Å²) in [6, 6.07) is 41.5. The van der Waals surface area contributed by atoms with E-state index in [1.807, 2.05) is 0 Å². The van der Waals surface area contributed by atoms with Gasteiger partial charge in [0.05, 0.1) is 11.4 Å². The van der Waals surface area contributed by atoms with Crippen molar-refractivity contribution in [2.75, 3.05) is 9.80 Å². The van der Waals surface area contributed by atoms with Gasteiger partial charge in [0, 0.05) is 33.7 Å². The molecule has 0 spiro atoms. The van der Waals surface area contributed by atoms with Gasteiger partial charge in [0.2, 0.25) is 0 Å². The highest BCUT2D eigenvalue weighted by atomic mass is 28.3. The Bertz CT molecular complexity index is 2670. The molecule has 0 fully saturated rings. The molecule has 0 saturated carbocycles. The second-order valence-electron chi connectivity index (χ2n) is 19.6. The van der Waals surface area contributed by atoms with Gasteiger partial charge in [-0.1, -0.05) is 120 Å². The topological polar surface area (TPSA) is 19.6 Å². The van der Waals surface area contributed by atoms with E-state index >= 15 is 0 Å². The van der Waals surface area contributed by atoms with Crippen molar-refractivity contribution in [3.8, 4) is 11.3 Å². The van der Waals surface area contributed by atoms with Crippen LogP contribution in [0.5, 0.6) is 0 Å². The van der Waals surface area contributed by atoms with Crippen molar-refractivity contribution in [3.05, 3.63) is 154 Å². The van der Waals surface area contributed by atoms with Gasteiger partial charge in [-0.2, -0.15) is 0 Å². The maximum absolute atomic E-state index is 7.00. The van der Waals surface area contributed by atoms with E-state index in [1.165, 1.54) is 77.2 Å². The molecular formula is C54H60N2OSi. The molecule has 0 atom stereocenters. The van der Waals surface area contributed by atoms with Gasteiger partial charge in [0.25, 0.3) is 0 Å². The van der Waals surface area contributed by atoms with Crippen LogP contribution in [0, 0.1) is 41.5 Å². The van der Waals surface area contributed by atoms with E-state index in [0.29, 0.717) is 0 Å². The van der Waals surface area contributed by atoms with E-state index in [1.54, 1.807) is 0 Å². The Balaban J connectivity index is 1.30. The zero-order valence-electron chi connectivity index (χ0n) is 37.2. The quantitative estimate of drug-likeness (QED) is 0.157. The summed E-state index contributed by atoms with van der Waals surface area (Å²) in [6.07, 6.45) is 0. The van der Waals surface area contributed by atoms with Crippen LogP contribution < -0.4 is 20.2 Å². The van der Waals surface area contributed by atoms with Crippen LogP contribution in [-0.2, 0) is 10.8 Å². The highest BCUT2D eigenvalue weighted by Gasteiger charge is 2.42. The zero-order valence-corrected chi connectivity index (χ0v) is 38.2. The molecule has 1 aliphatic heterocycles. The Morgan fingerprint density at radius 2 is 0.862 bits per heavy atom. The number of aryl methyl sites for hydroxylation is 6. The predicted molar refractivity (Wildman–Crippen MR) is 254 cm³/mol. The molecule has 3 nitrogen and oxygen atoms in total. The smallest absolute Gasteiger partial charge is 0.135 e. The van der Waals surface area contributed by atoms with Crippen molar-refractivity contribution in [1.29, 1.82) is 0 Å². The lowest BCUT2D eigenvalue weighted by atomic mass is 9.87. The standard InChI is InChI=1S/C54H60N2OSi/c1-33-27-35(3)49(36(4)28-33)55(41-19-15-39(16-20-41)53(7,8)9)43-23-25-47-45(31-43)52-51(57-47)46-32-44(24-26-48(46)58(52,13)14)56(50-37(5)29-34(2)30-38(50)6)42-21-17-40(18-22-42)54(10,11)12/h15-32H,1-14H3. The summed E-state index contributed by atoms with van der Waals surface area (Å²) in [5.41, 5.74) is 19.7. The van der Waals surface area contributed by atoms with E-state index in [4.69, 9.17) is 4.42 Å². The van der Waals surface area contributed by atoms with Crippen LogP contribution >= 0.6 is 0 Å². The van der Waals surface area contributed by atoms with Crippen LogP contribution in [0.2, 0.25) is 13.1 Å². The molecule has 0 N–H and O–H groups in total. The molecule has 0 bridgehead atoms. The number of hydrogen-bond donors (Lipinski definition) is 0. The molecule has 0 unspecified atom stereocenters. The number of benzene rings is 6. The minimum atomic E-state index is -2.17. The summed E-state index contributed by atoms with van der Waals surface area (Å²) in [5, 5.41) is 4.04. The fourth-order valence-electron chi connectivity index (χ4n) is 9.66. The third kappa shape index (κ3) is 6.69. The average Bonchev–Trinajstić information content (AvgIpc) is 3.63. The SMILES string of the molecule is Cc1cc(C)c(N(c2ccc(C(C)(C)C)cc2)c2ccc3c(c2)-c2oc4ccc(N(c5ccc(C(C)(C)C)cc5)c5c(C)cc(C)cc5C)cc4c2[Si]3(C)C)c(C)c1. The van der Waals surface area contributed by atoms with Gasteiger partial charge in [0.1, 0.15) is 19.4 Å². The lowest BCUT2D eigenvalue weighted by Crippen LogP contribution is -2.49. The fourth-order valence-corrected chi connectivity index (χ4v) is 12.9. The normalized spacial score (nSPS) is 13.5. The monoisotopic (exact) mass is 780 g/mol. The van der Waals surface area contributed by atoms with Crippen molar-refractivity contribution >= 4 is 63.5 Å². The van der Waals surface area contributed by atoms with Gasteiger partial charge in [-0.15, -0.1) is 0 Å². The summed E-state index contributed by atoms with van der Waals surface area (Å²) < 4.78 is 7.00. The number of fused-ring (bicyclic) bond motifs is 5. The summed E-state index contributed by atoms with van der Waals surface area (Å²) in [4.78, 5) is 4.92. The number of nitrogens with zero attached hydrogens (tertiary/aromatic N) is 2. The van der Waals surface area contributed by atoms with E-state index in [9.17, 15) is 0 Å². The first-order valence-corrected chi connectivity index (χ1v) is 23.9. The molecule has 0 amide bonds. The molecule has 296 valence electrons. The fraction of sp³-hybridized carbons (Fsp3) is 0.296. The van der Waals surface area contributed by atoms with Gasteiger partial charge in [-0.3, -0.25) is 0 Å². The molecule has 6 aromatic carbocycles. The van der Waals surface area contributed by atoms with Crippen molar-refractivity contribution in [3.63, 3.8) is 0 Å². The first-order valence-electron chi connectivity index (χ1n) is 20.9. The Morgan fingerprint density at radius 3 is 1.29 bits per heavy atom. The lowest BCUT2D eigenvalue weighted by molar-refractivity contribution is 0.590. The molecule has 1 aliphatic rings. The number of anilines is 6. The molecule has 7 aromatic rings. The number of hydrogen-bond acceptors (Lipinski definition) is 3. The largest absolute Gasteiger partial charge is 0.456 e. The summed E-state index contributed by atoms with van der Waals surface area (Å²) >= 11 is 0. The highest BCUT2D eigenvalue weighted by Crippen LogP contribution is 2.45. The molecule has 2 heterocycles. The Hall–Kier alpha value is -5.32. The van der Waals surface area contributed by atoms with E-state index in [0.717, 1.165) is 34.1 Å². The molecule has 0 saturated heterocycles. The number of furan rings is 1. The molecule has 58 heavy (non-hydrogen) atoms. The third-order valence-corrected chi connectivity index (χ3v) is 16.0. The molecule has 0 aliphatic carbocycles. The van der Waals surface area contributed by atoms with Crippen LogP contribution in [0.25, 0.3) is 22.3 Å². The van der Waals surface area contributed by atoms with Crippen LogP contribution in [0.1, 0.15) is 86.1 Å². The van der Waals surface area contributed by atoms with Crippen LogP contribution in [0.15, 0.2) is 114 Å². The minimum absolute atomic E-state index is 0.0755. The maximum Gasteiger partial charge on any atom is 0.135 e. The zero-order chi connectivity index (χ0) is 41.6. The van der Waals surface area contributed by atoms with Crippen molar-refractivity contribution in [2.45, 2.75) is 107 Å². The van der Waals surface area contributed by atoms with Gasteiger partial charge < -0.3 is 14.2 Å². The average molecular weight is 781 g/mol. The second-order valence-corrected chi connectivity index (χ2v) is 23.9. The van der Waals surface area contributed by atoms with Crippen molar-refractivity contribution in [2.24, 2.45) is 0 Å². The van der Waals surface area contributed by atoms with E-state index < -0.39 is 8.07 Å². The van der Waals surface area contributed by atoms with Crippen LogP contribution in [0.3, 0.4) is 0 Å². The third-order valence-electron chi connectivity index (χ3n) is 12.4. The Morgan fingerprint density at radius 1 is 0.466 bits per heavy atom. The Labute approximate surface area is 348 Å². The number of rotatable bonds is 6. The van der Waals surface area contributed by atoms with Gasteiger partial charge >= 0.3 is 0 Å². The molecule has 0 radical (unpaired) electrons. The second kappa shape index (κ2) is 13.9. The van der Waals surface area contributed by atoms with Crippen molar-refractivity contribution in [1.82, 2.24) is 0 Å². The molecule has 1 aromatic heterocycles. The Kier molecular flexibility index (Phi) is 9.47. The van der Waals surface area contributed by atoms with Gasteiger partial charge in [-0.25, -0.2) is 0 Å². The summed E-state index contributed by atoms with van der Waals surface area (Å²) in [5.74, 6) is 1.03. The first-order chi connectivity index (χ1) is 27.2. The summed E-state index contributed by atoms with van der Waals surface area (Å²) in [6.45, 7) is 32.0. The molecule has 4 heteroatoms. The first kappa shape index (κ1) is 39.5. The van der Waals surface area contributed by atoms with Gasteiger partial charge in [-0.05, 0) is 151 Å². The molecule has 8 rings (SSSR count). The van der Waals surface area contributed by atoms with E-state index in [2.05, 4.69) is 215 Å². The maximum atomic E-state index is 7.00. The van der Waals surface area contributed by atoms with Crippen molar-refractivity contribution < 1.29 is 4.42 Å². The highest BCUT2D eigenvalue weighted by molar-refractivity contribution is 7.05. The van der Waals surface area contributed by atoms with Crippen LogP contribution in [-0.4, -0.2) is 8.07 Å². The minimum Gasteiger partial charge on any atom is -0.456 e. The lowest BCUT2D eigenvalue weighted by Gasteiger charge is -2.30. The molecular weight excluding hydrogens is 721 g/mol.